The van der Waals surface area contributed by atoms with E-state index in [0.717, 1.165) is 0 Å². The summed E-state index contributed by atoms with van der Waals surface area (Å²) in [4.78, 5) is 12.2. The smallest absolute Gasteiger partial charge is 0.262 e. The molecule has 6 nitrogen and oxygen atoms in total. The van der Waals surface area contributed by atoms with Gasteiger partial charge in [-0.2, -0.15) is 0 Å². The van der Waals surface area contributed by atoms with E-state index in [1.807, 2.05) is 13.8 Å². The molecule has 8 heteroatoms. The third-order valence-electron chi connectivity index (χ3n) is 3.65. The highest BCUT2D eigenvalue weighted by molar-refractivity contribution is 7.89. The van der Waals surface area contributed by atoms with E-state index in [2.05, 4.69) is 10.0 Å². The Bertz CT molecular complexity index is 914. The van der Waals surface area contributed by atoms with E-state index in [9.17, 15) is 13.2 Å². The monoisotopic (exact) mass is 410 g/mol. The van der Waals surface area contributed by atoms with Crippen molar-refractivity contribution < 1.29 is 17.9 Å². The molecule has 0 aliphatic heterocycles. The first-order valence-corrected chi connectivity index (χ1v) is 10.3. The van der Waals surface area contributed by atoms with Crippen LogP contribution in [0.15, 0.2) is 47.4 Å². The molecular formula is C19H23ClN2O4S. The lowest BCUT2D eigenvalue weighted by Gasteiger charge is -2.13. The van der Waals surface area contributed by atoms with Gasteiger partial charge >= 0.3 is 0 Å². The largest absolute Gasteiger partial charge is 0.483 e. The second-order valence-corrected chi connectivity index (χ2v) is 8.66. The fourth-order valence-corrected chi connectivity index (χ4v) is 3.68. The molecule has 27 heavy (non-hydrogen) atoms. The van der Waals surface area contributed by atoms with Gasteiger partial charge in [-0.15, -0.1) is 0 Å². The van der Waals surface area contributed by atoms with Gasteiger partial charge in [0.2, 0.25) is 10.0 Å². The molecule has 0 aromatic heterocycles. The molecule has 0 heterocycles. The van der Waals surface area contributed by atoms with Crippen LogP contribution in [0, 0.1) is 12.8 Å². The topological polar surface area (TPSA) is 84.5 Å². The first-order valence-electron chi connectivity index (χ1n) is 8.46. The molecule has 0 aliphatic rings. The minimum atomic E-state index is -3.57. The Morgan fingerprint density at radius 1 is 1.19 bits per heavy atom. The molecule has 1 amide bonds. The molecule has 2 aromatic carbocycles. The standard InChI is InChI=1S/C19H23ClN2O4S/c1-13(2)11-21-27(24,25)15-8-9-18(14(3)10-15)26-12-19(23)22-17-7-5-4-6-16(17)20/h4-10,13,21H,11-12H2,1-3H3,(H,22,23). The zero-order chi connectivity index (χ0) is 20.0. The molecular weight excluding hydrogens is 388 g/mol. The number of rotatable bonds is 8. The number of nitrogens with one attached hydrogen (secondary N) is 2. The zero-order valence-corrected chi connectivity index (χ0v) is 17.0. The molecule has 0 atom stereocenters. The van der Waals surface area contributed by atoms with E-state index in [-0.39, 0.29) is 23.3 Å². The number of hydrogen-bond donors (Lipinski definition) is 2. The summed E-state index contributed by atoms with van der Waals surface area (Å²) in [6, 6.07) is 11.4. The average molecular weight is 411 g/mol. The molecule has 2 N–H and O–H groups in total. The maximum atomic E-state index is 12.3. The summed E-state index contributed by atoms with van der Waals surface area (Å²) in [5.74, 6) is 0.282. The SMILES string of the molecule is Cc1cc(S(=O)(=O)NCC(C)C)ccc1OCC(=O)Nc1ccccc1Cl. The van der Waals surface area contributed by atoms with Gasteiger partial charge in [-0.3, -0.25) is 4.79 Å². The summed E-state index contributed by atoms with van der Waals surface area (Å²) in [5.41, 5.74) is 1.12. The number of carbonyl (C=O) groups is 1. The van der Waals surface area contributed by atoms with Gasteiger partial charge in [0, 0.05) is 6.54 Å². The lowest BCUT2D eigenvalue weighted by atomic mass is 10.2. The van der Waals surface area contributed by atoms with Crippen molar-refractivity contribution in [3.63, 3.8) is 0 Å². The molecule has 2 aromatic rings. The van der Waals surface area contributed by atoms with Gasteiger partial charge in [-0.1, -0.05) is 37.6 Å². The predicted octanol–water partition coefficient (Wildman–Crippen LogP) is 3.60. The number of sulfonamides is 1. The molecule has 0 fully saturated rings. The molecule has 0 saturated heterocycles. The van der Waals surface area contributed by atoms with Crippen molar-refractivity contribution in [2.45, 2.75) is 25.7 Å². The summed E-state index contributed by atoms with van der Waals surface area (Å²) >= 11 is 6.00. The number of ether oxygens (including phenoxy) is 1. The van der Waals surface area contributed by atoms with Gasteiger partial charge in [-0.05, 0) is 48.7 Å². The van der Waals surface area contributed by atoms with E-state index in [0.29, 0.717) is 28.6 Å². The van der Waals surface area contributed by atoms with Crippen LogP contribution in [0.4, 0.5) is 5.69 Å². The molecule has 0 unspecified atom stereocenters. The van der Waals surface area contributed by atoms with Crippen molar-refractivity contribution in [2.75, 3.05) is 18.5 Å². The van der Waals surface area contributed by atoms with Gasteiger partial charge in [0.05, 0.1) is 15.6 Å². The normalized spacial score (nSPS) is 11.4. The van der Waals surface area contributed by atoms with Crippen LogP contribution in [0.2, 0.25) is 5.02 Å². The molecule has 0 saturated carbocycles. The third kappa shape index (κ3) is 6.23. The van der Waals surface area contributed by atoms with Crippen LogP contribution >= 0.6 is 11.6 Å². The Morgan fingerprint density at radius 2 is 1.89 bits per heavy atom. The summed E-state index contributed by atoms with van der Waals surface area (Å²) in [6.45, 7) is 5.73. The van der Waals surface area contributed by atoms with Crippen LogP contribution < -0.4 is 14.8 Å². The van der Waals surface area contributed by atoms with E-state index in [4.69, 9.17) is 16.3 Å². The Balaban J connectivity index is 2.00. The van der Waals surface area contributed by atoms with E-state index >= 15 is 0 Å². The first-order chi connectivity index (χ1) is 12.7. The van der Waals surface area contributed by atoms with E-state index in [1.54, 1.807) is 37.3 Å². The fraction of sp³-hybridized carbons (Fsp3) is 0.316. The van der Waals surface area contributed by atoms with Crippen LogP contribution in [0.5, 0.6) is 5.75 Å². The third-order valence-corrected chi connectivity index (χ3v) is 5.40. The van der Waals surface area contributed by atoms with Gasteiger partial charge in [0.15, 0.2) is 6.61 Å². The predicted molar refractivity (Wildman–Crippen MR) is 107 cm³/mol. The minimum Gasteiger partial charge on any atom is -0.483 e. The van der Waals surface area contributed by atoms with Crippen LogP contribution in [-0.4, -0.2) is 27.5 Å². The second-order valence-electron chi connectivity index (χ2n) is 6.49. The molecule has 2 rings (SSSR count). The average Bonchev–Trinajstić information content (AvgIpc) is 2.61. The van der Waals surface area contributed by atoms with Gasteiger partial charge in [-0.25, -0.2) is 13.1 Å². The van der Waals surface area contributed by atoms with Crippen molar-refractivity contribution in [1.82, 2.24) is 4.72 Å². The van der Waals surface area contributed by atoms with Crippen LogP contribution in [-0.2, 0) is 14.8 Å². The van der Waals surface area contributed by atoms with Crippen molar-refractivity contribution >= 4 is 33.2 Å². The number of aryl methyl sites for hydroxylation is 1. The molecule has 0 aliphatic carbocycles. The quantitative estimate of drug-likeness (QED) is 0.696. The van der Waals surface area contributed by atoms with Crippen molar-refractivity contribution in [2.24, 2.45) is 5.92 Å². The van der Waals surface area contributed by atoms with Crippen LogP contribution in [0.25, 0.3) is 0 Å². The fourth-order valence-electron chi connectivity index (χ4n) is 2.20. The molecule has 0 spiro atoms. The number of amides is 1. The first kappa shape index (κ1) is 21.2. The van der Waals surface area contributed by atoms with E-state index in [1.165, 1.54) is 12.1 Å². The molecule has 0 bridgehead atoms. The Morgan fingerprint density at radius 3 is 2.52 bits per heavy atom. The lowest BCUT2D eigenvalue weighted by Crippen LogP contribution is -2.27. The highest BCUT2D eigenvalue weighted by Gasteiger charge is 2.16. The number of benzene rings is 2. The number of halogens is 1. The number of hydrogen-bond acceptors (Lipinski definition) is 4. The summed E-state index contributed by atoms with van der Waals surface area (Å²) in [5, 5.41) is 3.10. The summed E-state index contributed by atoms with van der Waals surface area (Å²) in [6.07, 6.45) is 0. The number of para-hydroxylation sites is 1. The summed E-state index contributed by atoms with van der Waals surface area (Å²) in [7, 11) is -3.57. The second kappa shape index (κ2) is 9.21. The van der Waals surface area contributed by atoms with Crippen LogP contribution in [0.1, 0.15) is 19.4 Å². The minimum absolute atomic E-state index is 0.161. The van der Waals surface area contributed by atoms with Crippen molar-refractivity contribution in [1.29, 1.82) is 0 Å². The van der Waals surface area contributed by atoms with E-state index < -0.39 is 10.0 Å². The van der Waals surface area contributed by atoms with Crippen LogP contribution in [0.3, 0.4) is 0 Å². The van der Waals surface area contributed by atoms with Gasteiger partial charge in [0.1, 0.15) is 5.75 Å². The highest BCUT2D eigenvalue weighted by Crippen LogP contribution is 2.23. The van der Waals surface area contributed by atoms with Gasteiger partial charge < -0.3 is 10.1 Å². The molecule has 0 radical (unpaired) electrons. The maximum absolute atomic E-state index is 12.3. The van der Waals surface area contributed by atoms with Crippen molar-refractivity contribution in [3.8, 4) is 5.75 Å². The Hall–Kier alpha value is -2.09. The number of anilines is 1. The maximum Gasteiger partial charge on any atom is 0.262 e. The van der Waals surface area contributed by atoms with Gasteiger partial charge in [0.25, 0.3) is 5.91 Å². The summed E-state index contributed by atoms with van der Waals surface area (Å²) < 4.78 is 32.6. The Kier molecular flexibility index (Phi) is 7.24. The Labute approximate surface area is 164 Å². The zero-order valence-electron chi connectivity index (χ0n) is 15.5. The highest BCUT2D eigenvalue weighted by atomic mass is 35.5. The molecule has 146 valence electrons. The number of carbonyl (C=O) groups excluding carboxylic acids is 1. The lowest BCUT2D eigenvalue weighted by molar-refractivity contribution is -0.118. The van der Waals surface area contributed by atoms with Crippen molar-refractivity contribution in [3.05, 3.63) is 53.1 Å².